The molecule has 1 aromatic heterocycles. The molecule has 1 aliphatic carbocycles. The molecule has 7 atom stereocenters. The minimum Gasteiger partial charge on any atom is -0.465 e. The Bertz CT molecular complexity index is 993. The third-order valence-electron chi connectivity index (χ3n) is 5.64. The monoisotopic (exact) mass is 445 g/mol. The highest BCUT2D eigenvalue weighted by Crippen LogP contribution is 2.70. The molecule has 3 heterocycles. The number of esters is 1. The van der Waals surface area contributed by atoms with Gasteiger partial charge in [0.05, 0.1) is 18.6 Å². The highest BCUT2D eigenvalue weighted by molar-refractivity contribution is 7.51. The number of aliphatic hydroxyl groups excluding tert-OH is 1. The molecule has 0 bridgehead atoms. The molecular weight excluding hydrogens is 421 g/mol. The minimum atomic E-state index is -3.83. The van der Waals surface area contributed by atoms with Crippen molar-refractivity contribution in [2.24, 2.45) is 5.41 Å². The van der Waals surface area contributed by atoms with Crippen LogP contribution in [0, 0.1) is 5.41 Å². The predicted molar refractivity (Wildman–Crippen MR) is 101 cm³/mol. The van der Waals surface area contributed by atoms with Crippen LogP contribution in [0.15, 0.2) is 21.9 Å². The van der Waals surface area contributed by atoms with Crippen LogP contribution in [0.3, 0.4) is 0 Å². The highest BCUT2D eigenvalue weighted by atomic mass is 31.2. The topological polar surface area (TPSA) is 158 Å². The molecule has 7 unspecified atom stereocenters. The molecule has 12 nitrogen and oxygen atoms in total. The van der Waals surface area contributed by atoms with E-state index in [9.17, 15) is 24.1 Å². The number of ether oxygens (including phenoxy) is 2. The number of aliphatic hydroxyl groups is 1. The molecule has 166 valence electrons. The summed E-state index contributed by atoms with van der Waals surface area (Å²) in [6.07, 6.45) is -0.779. The van der Waals surface area contributed by atoms with E-state index in [1.807, 2.05) is 6.92 Å². The molecule has 0 aromatic carbocycles. The molecule has 4 rings (SSSR count). The summed E-state index contributed by atoms with van der Waals surface area (Å²) in [7, 11) is -3.83. The van der Waals surface area contributed by atoms with E-state index in [4.69, 9.17) is 18.5 Å². The van der Waals surface area contributed by atoms with E-state index >= 15 is 0 Å². The number of rotatable bonds is 7. The maximum absolute atomic E-state index is 12.9. The normalized spacial score (nSPS) is 37.8. The lowest BCUT2D eigenvalue weighted by atomic mass is 9.99. The Morgan fingerprint density at radius 3 is 2.97 bits per heavy atom. The summed E-state index contributed by atoms with van der Waals surface area (Å²) >= 11 is 0. The fourth-order valence-electron chi connectivity index (χ4n) is 3.84. The Hall–Kier alpha value is -1.82. The number of aromatic amines is 1. The fraction of sp³-hybridized carbons (Fsp3) is 0.706. The van der Waals surface area contributed by atoms with Gasteiger partial charge in [0.15, 0.2) is 6.23 Å². The van der Waals surface area contributed by atoms with Crippen molar-refractivity contribution in [1.29, 1.82) is 0 Å². The largest absolute Gasteiger partial charge is 0.465 e. The fourth-order valence-corrected chi connectivity index (χ4v) is 5.61. The van der Waals surface area contributed by atoms with Crippen molar-refractivity contribution in [3.8, 4) is 0 Å². The number of unbranched alkanes of at least 4 members (excludes halogenated alkanes) is 1. The third-order valence-corrected chi connectivity index (χ3v) is 7.32. The number of carbonyl (C=O) groups is 1. The van der Waals surface area contributed by atoms with Gasteiger partial charge < -0.3 is 14.6 Å². The third kappa shape index (κ3) is 3.47. The Kier molecular flexibility index (Phi) is 5.50. The van der Waals surface area contributed by atoms with Crippen molar-refractivity contribution in [3.05, 3.63) is 33.1 Å². The van der Waals surface area contributed by atoms with E-state index in [2.05, 4.69) is 10.1 Å². The smallest absolute Gasteiger partial charge is 0.406 e. The molecule has 1 aromatic rings. The van der Waals surface area contributed by atoms with Crippen molar-refractivity contribution in [2.75, 3.05) is 13.2 Å². The first-order valence-electron chi connectivity index (χ1n) is 9.74. The van der Waals surface area contributed by atoms with Crippen molar-refractivity contribution in [1.82, 2.24) is 14.6 Å². The molecule has 0 radical (unpaired) electrons. The second-order valence-corrected chi connectivity index (χ2v) is 9.41. The van der Waals surface area contributed by atoms with Gasteiger partial charge >= 0.3 is 19.4 Å². The molecule has 3 aliphatic rings. The zero-order valence-corrected chi connectivity index (χ0v) is 17.4. The molecule has 3 N–H and O–H groups in total. The zero-order chi connectivity index (χ0) is 21.7. The van der Waals surface area contributed by atoms with E-state index in [0.717, 1.165) is 23.5 Å². The molecule has 2 saturated heterocycles. The first-order valence-corrected chi connectivity index (χ1v) is 11.3. The van der Waals surface area contributed by atoms with Gasteiger partial charge in [-0.25, -0.2) is 14.4 Å². The summed E-state index contributed by atoms with van der Waals surface area (Å²) in [5, 5.41) is 13.3. The Morgan fingerprint density at radius 1 is 1.50 bits per heavy atom. The van der Waals surface area contributed by atoms with Crippen LogP contribution in [0.1, 0.15) is 32.9 Å². The first kappa shape index (κ1) is 21.4. The molecule has 2 aliphatic heterocycles. The van der Waals surface area contributed by atoms with E-state index in [-0.39, 0.29) is 13.2 Å². The zero-order valence-electron chi connectivity index (χ0n) is 16.5. The van der Waals surface area contributed by atoms with Gasteiger partial charge in [0.2, 0.25) is 0 Å². The van der Waals surface area contributed by atoms with Gasteiger partial charge in [-0.1, -0.05) is 13.3 Å². The van der Waals surface area contributed by atoms with Crippen LogP contribution in [-0.4, -0.2) is 58.2 Å². The lowest BCUT2D eigenvalue weighted by Crippen LogP contribution is -2.43. The lowest BCUT2D eigenvalue weighted by Gasteiger charge is -2.33. The number of nitrogens with one attached hydrogen (secondary N) is 2. The van der Waals surface area contributed by atoms with Gasteiger partial charge in [-0.2, -0.15) is 0 Å². The molecule has 1 spiro atoms. The van der Waals surface area contributed by atoms with Crippen LogP contribution in [-0.2, 0) is 27.9 Å². The van der Waals surface area contributed by atoms with Gasteiger partial charge in [0.25, 0.3) is 5.56 Å². The van der Waals surface area contributed by atoms with Crippen LogP contribution in [0.2, 0.25) is 0 Å². The number of hydrogen-bond acceptors (Lipinski definition) is 9. The summed E-state index contributed by atoms with van der Waals surface area (Å²) in [6.45, 7) is 3.57. The quantitative estimate of drug-likeness (QED) is 0.287. The summed E-state index contributed by atoms with van der Waals surface area (Å²) < 4.78 is 35.7. The number of hydrogen-bond donors (Lipinski definition) is 3. The van der Waals surface area contributed by atoms with E-state index in [0.29, 0.717) is 0 Å². The van der Waals surface area contributed by atoms with Crippen molar-refractivity contribution in [3.63, 3.8) is 0 Å². The van der Waals surface area contributed by atoms with E-state index in [1.165, 1.54) is 13.1 Å². The molecule has 0 amide bonds. The van der Waals surface area contributed by atoms with Crippen molar-refractivity contribution >= 4 is 13.7 Å². The Morgan fingerprint density at radius 2 is 2.27 bits per heavy atom. The molecule has 13 heteroatoms. The minimum absolute atomic E-state index is 0.153. The Labute approximate surface area is 171 Å². The van der Waals surface area contributed by atoms with Crippen molar-refractivity contribution in [2.45, 2.75) is 57.3 Å². The summed E-state index contributed by atoms with van der Waals surface area (Å²) in [4.78, 5) is 37.3. The van der Waals surface area contributed by atoms with E-state index < -0.39 is 61.0 Å². The average molecular weight is 445 g/mol. The summed E-state index contributed by atoms with van der Waals surface area (Å²) in [6, 6.07) is 0.224. The number of aromatic nitrogens is 2. The van der Waals surface area contributed by atoms with Crippen LogP contribution in [0.25, 0.3) is 0 Å². The Balaban J connectivity index is 1.40. The first-order chi connectivity index (χ1) is 14.2. The SMILES string of the molecule is CCCCOC(=O)C(C)NP1(=O)OCC23C(O)C(n4ccc(=O)[nH]c4=O)OC2C3O1. The second kappa shape index (κ2) is 7.70. The van der Waals surface area contributed by atoms with Gasteiger partial charge in [-0.15, -0.1) is 0 Å². The van der Waals surface area contributed by atoms with Crippen LogP contribution < -0.4 is 16.3 Å². The predicted octanol–water partition coefficient (Wildman–Crippen LogP) is -0.360. The second-order valence-electron chi connectivity index (χ2n) is 7.69. The number of carbonyl (C=O) groups excluding carboxylic acids is 1. The van der Waals surface area contributed by atoms with Crippen LogP contribution >= 0.6 is 7.75 Å². The molecule has 1 saturated carbocycles. The van der Waals surface area contributed by atoms with Crippen LogP contribution in [0.4, 0.5) is 0 Å². The van der Waals surface area contributed by atoms with Crippen LogP contribution in [0.5, 0.6) is 0 Å². The van der Waals surface area contributed by atoms with Gasteiger partial charge in [-0.05, 0) is 13.3 Å². The van der Waals surface area contributed by atoms with Gasteiger partial charge in [0.1, 0.15) is 24.4 Å². The van der Waals surface area contributed by atoms with Crippen molar-refractivity contribution < 1.29 is 33.0 Å². The lowest BCUT2D eigenvalue weighted by molar-refractivity contribution is -0.145. The number of fused-ring (bicyclic) bond motifs is 1. The molecular formula is C17H24N3O9P. The summed E-state index contributed by atoms with van der Waals surface area (Å²) in [5.41, 5.74) is -2.27. The van der Waals surface area contributed by atoms with Gasteiger partial charge in [-0.3, -0.25) is 28.2 Å². The maximum Gasteiger partial charge on any atom is 0.406 e. The molecule has 3 fully saturated rings. The average Bonchev–Trinajstić information content (AvgIpc) is 3.21. The number of nitrogens with zero attached hydrogens (tertiary/aromatic N) is 1. The maximum atomic E-state index is 12.9. The standard InChI is InChI=1S/C17H24N3O9P/c1-3-4-7-26-15(23)9(2)19-30(25)27-8-17-11(22)14(28-12(17)13(17)29-30)20-6-5-10(21)18-16(20)24/h5-6,9,11-14,22H,3-4,7-8H2,1-2H3,(H,19,25)(H,18,21,24). The number of H-pyrrole nitrogens is 1. The summed E-state index contributed by atoms with van der Waals surface area (Å²) in [5.74, 6) is -0.573. The van der Waals surface area contributed by atoms with Gasteiger partial charge in [0, 0.05) is 12.3 Å². The highest BCUT2D eigenvalue weighted by Gasteiger charge is 2.81. The van der Waals surface area contributed by atoms with E-state index in [1.54, 1.807) is 0 Å². The molecule has 30 heavy (non-hydrogen) atoms.